The summed E-state index contributed by atoms with van der Waals surface area (Å²) in [6, 6.07) is 20.8. The van der Waals surface area contributed by atoms with Crippen molar-refractivity contribution in [2.75, 3.05) is 29.9 Å². The number of Topliss-reactive ketones (excluding diaryl/α,β-unsaturated/α-hetero) is 1. The average Bonchev–Trinajstić information content (AvgIpc) is 3.44. The zero-order valence-corrected chi connectivity index (χ0v) is 24.0. The number of benzene rings is 3. The van der Waals surface area contributed by atoms with Crippen LogP contribution in [0.2, 0.25) is 0 Å². The lowest BCUT2D eigenvalue weighted by Gasteiger charge is -2.38. The van der Waals surface area contributed by atoms with Gasteiger partial charge in [0.2, 0.25) is 5.91 Å². The fraction of sp³-hybridized carbons (Fsp3) is 0.353. The topological polar surface area (TPSA) is 79.9 Å². The van der Waals surface area contributed by atoms with Crippen LogP contribution in [0.15, 0.2) is 84.1 Å². The van der Waals surface area contributed by atoms with Crippen LogP contribution < -0.4 is 20.3 Å². The maximum absolute atomic E-state index is 15.1. The Balaban J connectivity index is 1.44. The van der Waals surface area contributed by atoms with E-state index in [0.29, 0.717) is 42.9 Å². The van der Waals surface area contributed by atoms with Gasteiger partial charge in [0.15, 0.2) is 17.3 Å². The van der Waals surface area contributed by atoms with Gasteiger partial charge in [-0.05, 0) is 66.6 Å². The second kappa shape index (κ2) is 11.6. The first kappa shape index (κ1) is 28.0. The Labute approximate surface area is 245 Å². The Morgan fingerprint density at radius 2 is 1.88 bits per heavy atom. The van der Waals surface area contributed by atoms with Crippen molar-refractivity contribution in [2.24, 2.45) is 5.41 Å². The molecule has 2 aliphatic heterocycles. The summed E-state index contributed by atoms with van der Waals surface area (Å²) in [5.41, 5.74) is 3.44. The molecule has 0 spiro atoms. The van der Waals surface area contributed by atoms with Crippen molar-refractivity contribution in [1.29, 1.82) is 0 Å². The lowest BCUT2D eigenvalue weighted by atomic mass is 9.73. The molecule has 2 unspecified atom stereocenters. The Kier molecular flexibility index (Phi) is 7.73. The third kappa shape index (κ3) is 5.90. The molecular formula is C34H36FN3O4. The summed E-state index contributed by atoms with van der Waals surface area (Å²) >= 11 is 0. The van der Waals surface area contributed by atoms with E-state index in [1.165, 1.54) is 6.07 Å². The lowest BCUT2D eigenvalue weighted by Crippen LogP contribution is -2.43. The Bertz CT molecular complexity index is 1510. The van der Waals surface area contributed by atoms with Crippen molar-refractivity contribution >= 4 is 23.1 Å². The number of ether oxygens (including phenoxy) is 2. The number of halogens is 1. The van der Waals surface area contributed by atoms with Crippen LogP contribution in [0, 0.1) is 11.2 Å². The summed E-state index contributed by atoms with van der Waals surface area (Å²) in [6.07, 6.45) is 2.94. The third-order valence-corrected chi connectivity index (χ3v) is 8.11. The van der Waals surface area contributed by atoms with Gasteiger partial charge in [0.25, 0.3) is 0 Å². The van der Waals surface area contributed by atoms with Crippen LogP contribution in [0.5, 0.6) is 11.5 Å². The van der Waals surface area contributed by atoms with E-state index < -0.39 is 11.9 Å². The number of fused-ring (bicyclic) bond motifs is 1. The van der Waals surface area contributed by atoms with Gasteiger partial charge in [0.05, 0.1) is 30.1 Å². The molecule has 42 heavy (non-hydrogen) atoms. The van der Waals surface area contributed by atoms with Crippen LogP contribution in [0.3, 0.4) is 0 Å². The van der Waals surface area contributed by atoms with E-state index >= 15 is 4.39 Å². The molecule has 1 fully saturated rings. The Hall–Kier alpha value is -4.17. The number of amides is 1. The van der Waals surface area contributed by atoms with Gasteiger partial charge in [-0.1, -0.05) is 50.2 Å². The summed E-state index contributed by atoms with van der Waals surface area (Å²) in [5.74, 6) is -0.132. The van der Waals surface area contributed by atoms with Crippen molar-refractivity contribution in [3.8, 4) is 11.5 Å². The number of nitrogens with one attached hydrogen (secondary N) is 2. The predicted molar refractivity (Wildman–Crippen MR) is 160 cm³/mol. The molecule has 1 aliphatic carbocycles. The number of rotatable bonds is 7. The molecular weight excluding hydrogens is 533 g/mol. The normalized spacial score (nSPS) is 21.2. The maximum atomic E-state index is 15.1. The molecule has 1 amide bonds. The fourth-order valence-corrected chi connectivity index (χ4v) is 6.20. The number of hydrogen-bond acceptors (Lipinski definition) is 6. The Morgan fingerprint density at radius 1 is 1.10 bits per heavy atom. The van der Waals surface area contributed by atoms with Gasteiger partial charge in [-0.3, -0.25) is 9.59 Å². The predicted octanol–water partition coefficient (Wildman–Crippen LogP) is 6.53. The molecule has 2 atom stereocenters. The summed E-state index contributed by atoms with van der Waals surface area (Å²) in [6.45, 7) is 5.31. The molecule has 0 aromatic heterocycles. The van der Waals surface area contributed by atoms with Crippen LogP contribution in [-0.4, -0.2) is 37.5 Å². The first-order valence-electron chi connectivity index (χ1n) is 14.6. The lowest BCUT2D eigenvalue weighted by molar-refractivity contribution is -0.121. The van der Waals surface area contributed by atoms with Crippen LogP contribution in [0.1, 0.15) is 51.1 Å². The zero-order valence-electron chi connectivity index (χ0n) is 24.0. The summed E-state index contributed by atoms with van der Waals surface area (Å²) in [7, 11) is 0. The highest BCUT2D eigenvalue weighted by molar-refractivity contribution is 6.02. The number of allylic oxidation sites excluding steroid dienone is 1. The fourth-order valence-electron chi connectivity index (χ4n) is 6.20. The summed E-state index contributed by atoms with van der Waals surface area (Å²) in [5, 5.41) is 6.59. The van der Waals surface area contributed by atoms with E-state index in [1.54, 1.807) is 24.3 Å². The minimum Gasteiger partial charge on any atom is -0.454 e. The monoisotopic (exact) mass is 569 g/mol. The van der Waals surface area contributed by atoms with Crippen LogP contribution in [0.4, 0.5) is 15.8 Å². The largest absolute Gasteiger partial charge is 0.454 e. The molecule has 7 nitrogen and oxygen atoms in total. The molecule has 1 saturated heterocycles. The molecule has 0 saturated carbocycles. The van der Waals surface area contributed by atoms with Crippen molar-refractivity contribution < 1.29 is 23.5 Å². The smallest absolute Gasteiger partial charge is 0.239 e. The second-order valence-electron chi connectivity index (χ2n) is 12.0. The van der Waals surface area contributed by atoms with Gasteiger partial charge < -0.3 is 25.0 Å². The minimum atomic E-state index is -0.646. The third-order valence-electron chi connectivity index (χ3n) is 8.11. The summed E-state index contributed by atoms with van der Waals surface area (Å²) < 4.78 is 26.7. The first-order chi connectivity index (χ1) is 20.3. The van der Waals surface area contributed by atoms with Crippen molar-refractivity contribution in [1.82, 2.24) is 5.32 Å². The average molecular weight is 570 g/mol. The first-order valence-corrected chi connectivity index (χ1v) is 14.6. The number of nitrogens with zero attached hydrogens (tertiary/aromatic N) is 1. The number of ketones is 1. The van der Waals surface area contributed by atoms with Crippen LogP contribution >= 0.6 is 0 Å². The molecule has 0 radical (unpaired) electrons. The molecule has 8 heteroatoms. The van der Waals surface area contributed by atoms with Crippen LogP contribution in [0.25, 0.3) is 0 Å². The molecule has 0 bridgehead atoms. The van der Waals surface area contributed by atoms with Crippen molar-refractivity contribution in [3.05, 3.63) is 95.4 Å². The van der Waals surface area contributed by atoms with E-state index in [1.807, 2.05) is 47.4 Å². The molecule has 3 aromatic carbocycles. The van der Waals surface area contributed by atoms with Crippen molar-refractivity contribution in [2.45, 2.75) is 51.7 Å². The van der Waals surface area contributed by atoms with Gasteiger partial charge >= 0.3 is 0 Å². The molecule has 6 rings (SSSR count). The Morgan fingerprint density at radius 3 is 2.67 bits per heavy atom. The zero-order chi connectivity index (χ0) is 29.3. The highest BCUT2D eigenvalue weighted by atomic mass is 19.1. The highest BCUT2D eigenvalue weighted by Crippen LogP contribution is 2.48. The number of hydrogen-bond donors (Lipinski definition) is 2. The van der Waals surface area contributed by atoms with E-state index in [2.05, 4.69) is 24.5 Å². The van der Waals surface area contributed by atoms with Gasteiger partial charge in [-0.2, -0.15) is 0 Å². The van der Waals surface area contributed by atoms with Crippen LogP contribution in [-0.2, 0) is 14.3 Å². The molecule has 3 aliphatic rings. The quantitative estimate of drug-likeness (QED) is 0.337. The molecule has 2 heterocycles. The number of carbonyl (C=O) groups excluding carboxylic acids is 2. The molecule has 218 valence electrons. The van der Waals surface area contributed by atoms with Gasteiger partial charge in [-0.15, -0.1) is 0 Å². The molecule has 2 N–H and O–H groups in total. The van der Waals surface area contributed by atoms with Gasteiger partial charge in [0.1, 0.15) is 5.75 Å². The van der Waals surface area contributed by atoms with Gasteiger partial charge in [0, 0.05) is 30.8 Å². The number of carbonyl (C=O) groups is 2. The maximum Gasteiger partial charge on any atom is 0.239 e. The second-order valence-corrected chi connectivity index (χ2v) is 12.0. The highest BCUT2D eigenvalue weighted by Gasteiger charge is 2.42. The van der Waals surface area contributed by atoms with E-state index in [0.717, 1.165) is 29.9 Å². The number of para-hydroxylation sites is 3. The van der Waals surface area contributed by atoms with E-state index in [-0.39, 0.29) is 35.5 Å². The number of anilines is 2. The molecule has 3 aromatic rings. The summed E-state index contributed by atoms with van der Waals surface area (Å²) in [4.78, 5) is 29.4. The van der Waals surface area contributed by atoms with E-state index in [4.69, 9.17) is 9.47 Å². The van der Waals surface area contributed by atoms with Crippen molar-refractivity contribution in [3.63, 3.8) is 0 Å². The van der Waals surface area contributed by atoms with E-state index in [9.17, 15) is 9.59 Å². The minimum absolute atomic E-state index is 0.00418. The van der Waals surface area contributed by atoms with Gasteiger partial charge in [-0.25, -0.2) is 4.39 Å². The standard InChI is InChI=1S/C34H36FN3O4/c1-34(2)18-27-32(29(39)19-34)33(22-14-15-25(35)30(17-22)42-23-9-4-3-5-10-23)38(28-13-7-6-12-26(28)37-27)21-31(40)36-20-24-11-8-16-41-24/h3-7,9-10,12-15,17,24,33,37H,8,11,16,18-21H2,1-2H3,(H,36,40). The SMILES string of the molecule is CC1(C)CC(=O)C2=C(C1)Nc1ccccc1N(CC(=O)NCC1CCCO1)C2c1ccc(F)c(Oc2ccccc2)c1.